The highest BCUT2D eigenvalue weighted by Crippen LogP contribution is 2.25. The Balaban J connectivity index is 2.55. The SMILES string of the molecule is C=Cc1cccc(C(C(=O)NC(C)C)N(CCC)C(=O)C(Cc2ccc(O)cc2)NC(=O)OC(C)(C)C)c1. The van der Waals surface area contributed by atoms with Gasteiger partial charge in [-0.15, -0.1) is 0 Å². The highest BCUT2D eigenvalue weighted by atomic mass is 16.6. The van der Waals surface area contributed by atoms with E-state index in [1.807, 2.05) is 45.0 Å². The van der Waals surface area contributed by atoms with Gasteiger partial charge in [0, 0.05) is 19.0 Å². The summed E-state index contributed by atoms with van der Waals surface area (Å²) < 4.78 is 5.44. The molecule has 0 saturated carbocycles. The number of phenols is 1. The lowest BCUT2D eigenvalue weighted by atomic mass is 9.98. The third-order valence-electron chi connectivity index (χ3n) is 5.57. The molecule has 0 spiro atoms. The summed E-state index contributed by atoms with van der Waals surface area (Å²) in [6, 6.07) is 11.7. The zero-order chi connectivity index (χ0) is 28.5. The van der Waals surface area contributed by atoms with E-state index >= 15 is 0 Å². The van der Waals surface area contributed by atoms with Crippen LogP contribution in [0.2, 0.25) is 0 Å². The van der Waals surface area contributed by atoms with Gasteiger partial charge in [-0.05, 0) is 75.9 Å². The van der Waals surface area contributed by atoms with Crippen molar-refractivity contribution in [2.24, 2.45) is 0 Å². The summed E-state index contributed by atoms with van der Waals surface area (Å²) in [5.74, 6) is -0.640. The molecule has 3 N–H and O–H groups in total. The first-order valence-electron chi connectivity index (χ1n) is 12.9. The van der Waals surface area contributed by atoms with Crippen LogP contribution in [-0.4, -0.2) is 52.1 Å². The largest absolute Gasteiger partial charge is 0.508 e. The van der Waals surface area contributed by atoms with E-state index in [0.29, 0.717) is 12.0 Å². The molecule has 0 aliphatic heterocycles. The number of alkyl carbamates (subject to hydrolysis) is 1. The molecule has 0 radical (unpaired) electrons. The number of hydrogen-bond donors (Lipinski definition) is 3. The number of amides is 3. The van der Waals surface area contributed by atoms with Crippen molar-refractivity contribution in [2.75, 3.05) is 6.54 Å². The number of nitrogens with one attached hydrogen (secondary N) is 2. The first kappa shape index (κ1) is 30.4. The Morgan fingerprint density at radius 1 is 1.08 bits per heavy atom. The molecule has 2 rings (SSSR count). The first-order chi connectivity index (χ1) is 17.8. The fourth-order valence-corrected chi connectivity index (χ4v) is 4.02. The number of aromatic hydroxyl groups is 1. The lowest BCUT2D eigenvalue weighted by Gasteiger charge is -2.35. The van der Waals surface area contributed by atoms with E-state index in [-0.39, 0.29) is 30.7 Å². The molecule has 2 unspecified atom stereocenters. The number of carbonyl (C=O) groups is 3. The smallest absolute Gasteiger partial charge is 0.408 e. The lowest BCUT2D eigenvalue weighted by Crippen LogP contribution is -2.54. The number of hydrogen-bond acceptors (Lipinski definition) is 5. The molecule has 0 aliphatic rings. The summed E-state index contributed by atoms with van der Waals surface area (Å²) in [6.45, 7) is 15.0. The normalized spacial score (nSPS) is 12.8. The van der Waals surface area contributed by atoms with Gasteiger partial charge >= 0.3 is 6.09 Å². The van der Waals surface area contributed by atoms with Gasteiger partial charge in [0.1, 0.15) is 23.4 Å². The van der Waals surface area contributed by atoms with Crippen LogP contribution in [0.1, 0.15) is 70.7 Å². The first-order valence-corrected chi connectivity index (χ1v) is 12.9. The average molecular weight is 524 g/mol. The molecule has 2 aromatic rings. The second-order valence-corrected chi connectivity index (χ2v) is 10.5. The van der Waals surface area contributed by atoms with E-state index < -0.39 is 29.7 Å². The van der Waals surface area contributed by atoms with E-state index in [2.05, 4.69) is 17.2 Å². The molecular formula is C30H41N3O5. The predicted molar refractivity (Wildman–Crippen MR) is 150 cm³/mol. The number of benzene rings is 2. The van der Waals surface area contributed by atoms with Crippen LogP contribution in [0.5, 0.6) is 5.75 Å². The van der Waals surface area contributed by atoms with Crippen molar-refractivity contribution in [3.8, 4) is 5.75 Å². The minimum absolute atomic E-state index is 0.0943. The van der Waals surface area contributed by atoms with E-state index in [1.165, 1.54) is 17.0 Å². The van der Waals surface area contributed by atoms with Crippen molar-refractivity contribution < 1.29 is 24.2 Å². The molecule has 206 valence electrons. The van der Waals surface area contributed by atoms with Crippen molar-refractivity contribution in [1.82, 2.24) is 15.5 Å². The minimum atomic E-state index is -1.02. The number of phenolic OH excluding ortho intramolecular Hbond substituents is 1. The maximum atomic E-state index is 14.2. The van der Waals surface area contributed by atoms with E-state index in [0.717, 1.165) is 11.1 Å². The summed E-state index contributed by atoms with van der Waals surface area (Å²) in [7, 11) is 0. The highest BCUT2D eigenvalue weighted by molar-refractivity contribution is 5.92. The Hall–Kier alpha value is -3.81. The van der Waals surface area contributed by atoms with Crippen molar-refractivity contribution in [2.45, 2.75) is 78.1 Å². The van der Waals surface area contributed by atoms with Gasteiger partial charge in [-0.1, -0.05) is 49.9 Å². The van der Waals surface area contributed by atoms with E-state index in [1.54, 1.807) is 39.0 Å². The summed E-state index contributed by atoms with van der Waals surface area (Å²) in [4.78, 5) is 42.0. The summed E-state index contributed by atoms with van der Waals surface area (Å²) in [5, 5.41) is 15.4. The second-order valence-electron chi connectivity index (χ2n) is 10.5. The summed E-state index contributed by atoms with van der Waals surface area (Å²) in [5.41, 5.74) is 1.43. The molecular weight excluding hydrogens is 482 g/mol. The molecule has 3 amide bonds. The lowest BCUT2D eigenvalue weighted by molar-refractivity contribution is -0.142. The van der Waals surface area contributed by atoms with Crippen LogP contribution in [0, 0.1) is 0 Å². The third kappa shape index (κ3) is 9.25. The monoisotopic (exact) mass is 523 g/mol. The molecule has 0 bridgehead atoms. The van der Waals surface area contributed by atoms with Crippen LogP contribution in [0.15, 0.2) is 55.1 Å². The molecule has 38 heavy (non-hydrogen) atoms. The molecule has 8 nitrogen and oxygen atoms in total. The van der Waals surface area contributed by atoms with Crippen LogP contribution in [0.3, 0.4) is 0 Å². The summed E-state index contributed by atoms with van der Waals surface area (Å²) in [6.07, 6.45) is 1.69. The van der Waals surface area contributed by atoms with Crippen LogP contribution < -0.4 is 10.6 Å². The quantitative estimate of drug-likeness (QED) is 0.385. The second kappa shape index (κ2) is 13.7. The number of nitrogens with zero attached hydrogens (tertiary/aromatic N) is 1. The van der Waals surface area contributed by atoms with Gasteiger partial charge in [-0.3, -0.25) is 9.59 Å². The van der Waals surface area contributed by atoms with Crippen LogP contribution >= 0.6 is 0 Å². The Labute approximate surface area is 226 Å². The van der Waals surface area contributed by atoms with E-state index in [9.17, 15) is 19.5 Å². The molecule has 8 heteroatoms. The highest BCUT2D eigenvalue weighted by Gasteiger charge is 2.36. The van der Waals surface area contributed by atoms with Crippen LogP contribution in [0.4, 0.5) is 4.79 Å². The standard InChI is InChI=1S/C30H41N3O5/c1-8-17-33(26(27(35)31-20(3)4)23-12-10-11-21(9-2)18-23)28(36)25(32-29(37)38-30(5,6)7)19-22-13-15-24(34)16-14-22/h9-16,18,20,25-26,34H,2,8,17,19H2,1,3-7H3,(H,31,35)(H,32,37). The zero-order valence-electron chi connectivity index (χ0n) is 23.3. The fraction of sp³-hybridized carbons (Fsp3) is 0.433. The molecule has 0 saturated heterocycles. The average Bonchev–Trinajstić information content (AvgIpc) is 2.82. The maximum absolute atomic E-state index is 14.2. The van der Waals surface area contributed by atoms with Gasteiger partial charge in [-0.25, -0.2) is 4.79 Å². The molecule has 0 aromatic heterocycles. The number of rotatable bonds is 11. The van der Waals surface area contributed by atoms with E-state index in [4.69, 9.17) is 4.74 Å². The topological polar surface area (TPSA) is 108 Å². The van der Waals surface area contributed by atoms with Crippen LogP contribution in [0.25, 0.3) is 6.08 Å². The van der Waals surface area contributed by atoms with Crippen LogP contribution in [-0.2, 0) is 20.7 Å². The van der Waals surface area contributed by atoms with Crippen molar-refractivity contribution in [3.63, 3.8) is 0 Å². The Morgan fingerprint density at radius 2 is 1.74 bits per heavy atom. The van der Waals surface area contributed by atoms with Crippen molar-refractivity contribution >= 4 is 24.0 Å². The minimum Gasteiger partial charge on any atom is -0.508 e. The summed E-state index contributed by atoms with van der Waals surface area (Å²) >= 11 is 0. The molecule has 2 aromatic carbocycles. The Kier molecular flexibility index (Phi) is 10.9. The number of carbonyl (C=O) groups excluding carboxylic acids is 3. The Morgan fingerprint density at radius 3 is 2.29 bits per heavy atom. The van der Waals surface area contributed by atoms with Crippen molar-refractivity contribution in [3.05, 3.63) is 71.8 Å². The van der Waals surface area contributed by atoms with Gasteiger partial charge in [-0.2, -0.15) is 0 Å². The molecule has 0 fully saturated rings. The molecule has 0 heterocycles. The Bertz CT molecular complexity index is 1110. The fourth-order valence-electron chi connectivity index (χ4n) is 4.02. The van der Waals surface area contributed by atoms with Crippen molar-refractivity contribution in [1.29, 1.82) is 0 Å². The maximum Gasteiger partial charge on any atom is 0.408 e. The van der Waals surface area contributed by atoms with Gasteiger partial charge < -0.3 is 25.4 Å². The zero-order valence-corrected chi connectivity index (χ0v) is 23.3. The molecule has 2 atom stereocenters. The van der Waals surface area contributed by atoms with Gasteiger partial charge in [0.25, 0.3) is 0 Å². The number of ether oxygens (including phenoxy) is 1. The predicted octanol–water partition coefficient (Wildman–Crippen LogP) is 4.98. The van der Waals surface area contributed by atoms with Gasteiger partial charge in [0.15, 0.2) is 0 Å². The van der Waals surface area contributed by atoms with Gasteiger partial charge in [0.05, 0.1) is 0 Å². The molecule has 0 aliphatic carbocycles. The third-order valence-corrected chi connectivity index (χ3v) is 5.57. The van der Waals surface area contributed by atoms with Gasteiger partial charge in [0.2, 0.25) is 11.8 Å².